The van der Waals surface area contributed by atoms with Gasteiger partial charge in [0.2, 0.25) is 0 Å². The Bertz CT molecular complexity index is 519. The van der Waals surface area contributed by atoms with Crippen molar-refractivity contribution in [2.24, 2.45) is 0 Å². The summed E-state index contributed by atoms with van der Waals surface area (Å²) in [4.78, 5) is 18.1. The second-order valence-corrected chi connectivity index (χ2v) is 4.23. The van der Waals surface area contributed by atoms with Gasteiger partial charge in [0.25, 0.3) is 0 Å². The molecule has 2 aromatic rings. The quantitative estimate of drug-likeness (QED) is 0.899. The van der Waals surface area contributed by atoms with Gasteiger partial charge in [-0.15, -0.1) is 0 Å². The Morgan fingerprint density at radius 2 is 1.84 bits per heavy atom. The number of nitrogens with zero attached hydrogens (tertiary/aromatic N) is 2. The van der Waals surface area contributed by atoms with Gasteiger partial charge in [0.05, 0.1) is 12.1 Å². The summed E-state index contributed by atoms with van der Waals surface area (Å²) in [5.41, 5.74) is 4.35. The van der Waals surface area contributed by atoms with Crippen molar-refractivity contribution in [2.45, 2.75) is 27.2 Å². The second kappa shape index (κ2) is 7.26. The Morgan fingerprint density at radius 3 is 2.32 bits per heavy atom. The van der Waals surface area contributed by atoms with Crippen molar-refractivity contribution >= 4 is 5.97 Å². The van der Waals surface area contributed by atoms with Crippen molar-refractivity contribution in [2.75, 3.05) is 0 Å². The standard InChI is InChI=1S/C8H11N.C7H7NO2/c1-6-4-5-9-8(3)7(6)2;9-7(10)5-6-3-1-2-4-8-6/h4-5H,1-3H3;1-4H,5H2,(H,9,10). The summed E-state index contributed by atoms with van der Waals surface area (Å²) in [5.74, 6) is -0.848. The lowest BCUT2D eigenvalue weighted by atomic mass is 10.1. The lowest BCUT2D eigenvalue weighted by molar-refractivity contribution is -0.136. The first-order valence-electron chi connectivity index (χ1n) is 6.01. The molecule has 0 bridgehead atoms. The number of pyridine rings is 2. The van der Waals surface area contributed by atoms with Crippen molar-refractivity contribution in [3.8, 4) is 0 Å². The van der Waals surface area contributed by atoms with Crippen molar-refractivity contribution < 1.29 is 9.90 Å². The zero-order valence-electron chi connectivity index (χ0n) is 11.4. The predicted molar refractivity (Wildman–Crippen MR) is 74.0 cm³/mol. The van der Waals surface area contributed by atoms with Crippen LogP contribution in [0.15, 0.2) is 36.7 Å². The molecule has 4 heteroatoms. The van der Waals surface area contributed by atoms with E-state index in [1.165, 1.54) is 11.1 Å². The largest absolute Gasteiger partial charge is 0.481 e. The molecule has 0 atom stereocenters. The summed E-state index contributed by atoms with van der Waals surface area (Å²) in [5, 5.41) is 8.33. The first-order valence-corrected chi connectivity index (χ1v) is 6.01. The Morgan fingerprint density at radius 1 is 1.11 bits per heavy atom. The molecule has 0 fully saturated rings. The molecule has 1 N–H and O–H groups in total. The first kappa shape index (κ1) is 14.8. The van der Waals surface area contributed by atoms with E-state index >= 15 is 0 Å². The van der Waals surface area contributed by atoms with Crippen LogP contribution in [0.1, 0.15) is 22.5 Å². The minimum Gasteiger partial charge on any atom is -0.481 e. The highest BCUT2D eigenvalue weighted by Crippen LogP contribution is 2.06. The Labute approximate surface area is 113 Å². The van der Waals surface area contributed by atoms with Gasteiger partial charge in [-0.25, -0.2) is 0 Å². The third-order valence-electron chi connectivity index (χ3n) is 2.79. The van der Waals surface area contributed by atoms with Gasteiger partial charge in [0.15, 0.2) is 0 Å². The van der Waals surface area contributed by atoms with Crippen molar-refractivity contribution in [3.05, 3.63) is 59.2 Å². The molecule has 0 radical (unpaired) electrons. The van der Waals surface area contributed by atoms with E-state index in [9.17, 15) is 4.79 Å². The van der Waals surface area contributed by atoms with Crippen LogP contribution in [0.5, 0.6) is 0 Å². The van der Waals surface area contributed by atoms with Crippen LogP contribution in [0.25, 0.3) is 0 Å². The fraction of sp³-hybridized carbons (Fsp3) is 0.267. The minimum atomic E-state index is -0.848. The summed E-state index contributed by atoms with van der Waals surface area (Å²) in [6, 6.07) is 7.24. The number of aromatic nitrogens is 2. The topological polar surface area (TPSA) is 63.1 Å². The fourth-order valence-corrected chi connectivity index (χ4v) is 1.43. The van der Waals surface area contributed by atoms with E-state index in [-0.39, 0.29) is 6.42 Å². The first-order chi connectivity index (χ1) is 9.00. The average Bonchev–Trinajstić information content (AvgIpc) is 2.37. The van der Waals surface area contributed by atoms with Crippen LogP contribution in [0.4, 0.5) is 0 Å². The number of carboxylic acids is 1. The molecule has 0 aliphatic heterocycles. The van der Waals surface area contributed by atoms with Crippen LogP contribution in [-0.2, 0) is 11.2 Å². The van der Waals surface area contributed by atoms with Gasteiger partial charge < -0.3 is 5.11 Å². The molecule has 100 valence electrons. The highest BCUT2D eigenvalue weighted by molar-refractivity contribution is 5.69. The molecule has 19 heavy (non-hydrogen) atoms. The molecule has 2 heterocycles. The maximum atomic E-state index is 10.1. The molecule has 0 spiro atoms. The maximum Gasteiger partial charge on any atom is 0.309 e. The molecule has 0 aromatic carbocycles. The molecule has 2 rings (SSSR count). The van der Waals surface area contributed by atoms with Crippen LogP contribution in [0.3, 0.4) is 0 Å². The normalized spacial score (nSPS) is 9.42. The zero-order chi connectivity index (χ0) is 14.3. The monoisotopic (exact) mass is 258 g/mol. The second-order valence-electron chi connectivity index (χ2n) is 4.23. The Hall–Kier alpha value is -2.23. The summed E-state index contributed by atoms with van der Waals surface area (Å²) in [7, 11) is 0. The predicted octanol–water partition coefficient (Wildman–Crippen LogP) is 2.72. The number of carboxylic acid groups (broad SMARTS) is 1. The number of rotatable bonds is 2. The SMILES string of the molecule is Cc1ccnc(C)c1C.O=C(O)Cc1ccccn1. The minimum absolute atomic E-state index is 0.000833. The van der Waals surface area contributed by atoms with Crippen molar-refractivity contribution in [1.29, 1.82) is 0 Å². The van der Waals surface area contributed by atoms with Crippen LogP contribution >= 0.6 is 0 Å². The number of aliphatic carboxylic acids is 1. The van der Waals surface area contributed by atoms with E-state index in [2.05, 4.69) is 23.8 Å². The molecule has 4 nitrogen and oxygen atoms in total. The summed E-state index contributed by atoms with van der Waals surface area (Å²) >= 11 is 0. The molecule has 0 unspecified atom stereocenters. The van der Waals surface area contributed by atoms with E-state index in [4.69, 9.17) is 5.11 Å². The van der Waals surface area contributed by atoms with Gasteiger partial charge in [-0.2, -0.15) is 0 Å². The highest BCUT2D eigenvalue weighted by Gasteiger charge is 1.98. The molecule has 0 saturated carbocycles. The molecular weight excluding hydrogens is 240 g/mol. The summed E-state index contributed by atoms with van der Waals surface area (Å²) in [6.45, 7) is 6.23. The third kappa shape index (κ3) is 5.29. The van der Waals surface area contributed by atoms with Crippen molar-refractivity contribution in [1.82, 2.24) is 9.97 Å². The average molecular weight is 258 g/mol. The molecule has 0 saturated heterocycles. The van der Waals surface area contributed by atoms with Crippen LogP contribution in [-0.4, -0.2) is 21.0 Å². The summed E-state index contributed by atoms with van der Waals surface area (Å²) in [6.07, 6.45) is 3.43. The van der Waals surface area contributed by atoms with Gasteiger partial charge >= 0.3 is 5.97 Å². The van der Waals surface area contributed by atoms with Gasteiger partial charge in [0.1, 0.15) is 0 Å². The lowest BCUT2D eigenvalue weighted by Crippen LogP contribution is -2.01. The van der Waals surface area contributed by atoms with Crippen LogP contribution < -0.4 is 0 Å². The van der Waals surface area contributed by atoms with Crippen LogP contribution in [0, 0.1) is 20.8 Å². The lowest BCUT2D eigenvalue weighted by Gasteiger charge is -1.99. The van der Waals surface area contributed by atoms with Gasteiger partial charge in [-0.05, 0) is 50.1 Å². The smallest absolute Gasteiger partial charge is 0.309 e. The number of carbonyl (C=O) groups is 1. The van der Waals surface area contributed by atoms with E-state index in [0.717, 1.165) is 5.69 Å². The molecule has 0 aliphatic rings. The van der Waals surface area contributed by atoms with Crippen LogP contribution in [0.2, 0.25) is 0 Å². The van der Waals surface area contributed by atoms with E-state index in [0.29, 0.717) is 5.69 Å². The summed E-state index contributed by atoms with van der Waals surface area (Å²) < 4.78 is 0. The fourth-order valence-electron chi connectivity index (χ4n) is 1.43. The number of aryl methyl sites for hydroxylation is 2. The number of hydrogen-bond acceptors (Lipinski definition) is 3. The van der Waals surface area contributed by atoms with Crippen molar-refractivity contribution in [3.63, 3.8) is 0 Å². The van der Waals surface area contributed by atoms with E-state index < -0.39 is 5.97 Å². The molecule has 2 aromatic heterocycles. The Balaban J connectivity index is 0.000000191. The van der Waals surface area contributed by atoms with E-state index in [1.54, 1.807) is 24.4 Å². The maximum absolute atomic E-state index is 10.1. The molecule has 0 amide bonds. The Kier molecular flexibility index (Phi) is 5.67. The number of hydrogen-bond donors (Lipinski definition) is 1. The van der Waals surface area contributed by atoms with Gasteiger partial charge in [-0.3, -0.25) is 14.8 Å². The van der Waals surface area contributed by atoms with Gasteiger partial charge in [0, 0.05) is 18.1 Å². The molecular formula is C15H18N2O2. The van der Waals surface area contributed by atoms with Gasteiger partial charge in [-0.1, -0.05) is 6.07 Å². The van der Waals surface area contributed by atoms with E-state index in [1.807, 2.05) is 19.2 Å². The zero-order valence-corrected chi connectivity index (χ0v) is 11.4. The third-order valence-corrected chi connectivity index (χ3v) is 2.79. The highest BCUT2D eigenvalue weighted by atomic mass is 16.4. The molecule has 0 aliphatic carbocycles.